The Labute approximate surface area is 195 Å². The summed E-state index contributed by atoms with van der Waals surface area (Å²) < 4.78 is 0.802. The number of nitrogens with one attached hydrogen (secondary N) is 4. The highest BCUT2D eigenvalue weighted by atomic mass is 79.9. The van der Waals surface area contributed by atoms with Gasteiger partial charge in [0.2, 0.25) is 11.8 Å². The van der Waals surface area contributed by atoms with E-state index in [4.69, 9.17) is 16.9 Å². The Morgan fingerprint density at radius 3 is 2.28 bits per heavy atom. The highest BCUT2D eigenvalue weighted by Gasteiger charge is 2.25. The van der Waals surface area contributed by atoms with Crippen LogP contribution in [0.3, 0.4) is 0 Å². The lowest BCUT2D eigenvalue weighted by Gasteiger charge is -2.20. The summed E-state index contributed by atoms with van der Waals surface area (Å²) in [5, 5.41) is 14.8. The van der Waals surface area contributed by atoms with Crippen LogP contribution >= 0.6 is 15.9 Å². The van der Waals surface area contributed by atoms with Crippen LogP contribution in [-0.2, 0) is 16.0 Å². The van der Waals surface area contributed by atoms with E-state index in [0.717, 1.165) is 10.0 Å². The van der Waals surface area contributed by atoms with Crippen LogP contribution in [0.1, 0.15) is 28.8 Å². The van der Waals surface area contributed by atoms with Crippen molar-refractivity contribution < 1.29 is 14.4 Å². The van der Waals surface area contributed by atoms with E-state index < -0.39 is 29.8 Å². The van der Waals surface area contributed by atoms with E-state index in [1.54, 1.807) is 24.3 Å². The minimum Gasteiger partial charge on any atom is -0.370 e. The van der Waals surface area contributed by atoms with Crippen LogP contribution in [0.15, 0.2) is 59.1 Å². The van der Waals surface area contributed by atoms with Gasteiger partial charge in [0.1, 0.15) is 6.04 Å². The average molecular weight is 503 g/mol. The van der Waals surface area contributed by atoms with Crippen LogP contribution in [0.25, 0.3) is 0 Å². The Hall–Kier alpha value is -3.24. The maximum atomic E-state index is 12.8. The molecule has 9 nitrogen and oxygen atoms in total. The quantitative estimate of drug-likeness (QED) is 0.161. The molecular weight excluding hydrogens is 476 g/mol. The van der Waals surface area contributed by atoms with E-state index in [9.17, 15) is 14.4 Å². The van der Waals surface area contributed by atoms with Crippen molar-refractivity contribution in [1.29, 1.82) is 5.41 Å². The van der Waals surface area contributed by atoms with E-state index in [1.807, 2.05) is 30.3 Å². The zero-order valence-corrected chi connectivity index (χ0v) is 19.0. The summed E-state index contributed by atoms with van der Waals surface area (Å²) >= 11 is 3.29. The number of benzene rings is 2. The molecule has 2 aromatic rings. The summed E-state index contributed by atoms with van der Waals surface area (Å²) in [5.74, 6) is -1.90. The Morgan fingerprint density at radius 2 is 1.66 bits per heavy atom. The molecule has 0 spiro atoms. The Bertz CT molecular complexity index is 936. The van der Waals surface area contributed by atoms with Gasteiger partial charge >= 0.3 is 0 Å². The standard InChI is InChI=1S/C22H27BrN6O3/c23-16-10-8-15(9-11-16)19(30)29-21(32)18(7-4-12-27-22(25)26)28-20(31)17(24)13-14-5-2-1-3-6-14/h1-3,5-6,8-11,17-18H,4,7,12-13,24H2,(H,28,31)(H4,25,26,27)(H,29,30,32)/t17-,18-/m0/s1. The molecule has 0 aliphatic heterocycles. The Morgan fingerprint density at radius 1 is 1.00 bits per heavy atom. The Balaban J connectivity index is 2.01. The normalized spacial score (nSPS) is 12.3. The second kappa shape index (κ2) is 12.6. The molecule has 10 heteroatoms. The summed E-state index contributed by atoms with van der Waals surface area (Å²) in [6.45, 7) is 0.339. The number of hydrogen-bond donors (Lipinski definition) is 6. The van der Waals surface area contributed by atoms with Crippen LogP contribution in [0.4, 0.5) is 0 Å². The van der Waals surface area contributed by atoms with E-state index in [2.05, 4.69) is 31.9 Å². The predicted molar refractivity (Wildman–Crippen MR) is 126 cm³/mol. The molecule has 0 radical (unpaired) electrons. The van der Waals surface area contributed by atoms with Gasteiger partial charge < -0.3 is 22.1 Å². The Kier molecular flexibility index (Phi) is 9.83. The van der Waals surface area contributed by atoms with Gasteiger partial charge in [0.15, 0.2) is 5.96 Å². The molecule has 2 atom stereocenters. The zero-order valence-electron chi connectivity index (χ0n) is 17.4. The SMILES string of the molecule is N=C(N)NCCC[C@H](NC(=O)[C@@H](N)Cc1ccccc1)C(=O)NC(=O)c1ccc(Br)cc1. The molecule has 0 saturated carbocycles. The predicted octanol–water partition coefficient (Wildman–Crippen LogP) is 1.02. The molecule has 0 aliphatic carbocycles. The molecule has 32 heavy (non-hydrogen) atoms. The van der Waals surface area contributed by atoms with Crippen molar-refractivity contribution in [3.8, 4) is 0 Å². The van der Waals surface area contributed by atoms with Crippen molar-refractivity contribution in [3.63, 3.8) is 0 Å². The van der Waals surface area contributed by atoms with Gasteiger partial charge in [-0.1, -0.05) is 46.3 Å². The third-order valence-corrected chi connectivity index (χ3v) is 5.13. The van der Waals surface area contributed by atoms with Gasteiger partial charge in [0.05, 0.1) is 6.04 Å². The number of halogens is 1. The van der Waals surface area contributed by atoms with Gasteiger partial charge in [-0.2, -0.15) is 0 Å². The van der Waals surface area contributed by atoms with Crippen molar-refractivity contribution >= 4 is 39.6 Å². The lowest BCUT2D eigenvalue weighted by Crippen LogP contribution is -2.53. The largest absolute Gasteiger partial charge is 0.370 e. The van der Waals surface area contributed by atoms with Crippen molar-refractivity contribution in [1.82, 2.24) is 16.0 Å². The van der Waals surface area contributed by atoms with Crippen LogP contribution < -0.4 is 27.4 Å². The van der Waals surface area contributed by atoms with Gasteiger partial charge in [0, 0.05) is 16.6 Å². The van der Waals surface area contributed by atoms with Crippen molar-refractivity contribution in [2.75, 3.05) is 6.54 Å². The molecule has 0 saturated heterocycles. The highest BCUT2D eigenvalue weighted by molar-refractivity contribution is 9.10. The first kappa shape index (κ1) is 25.0. The van der Waals surface area contributed by atoms with Crippen molar-refractivity contribution in [2.24, 2.45) is 11.5 Å². The number of nitrogens with two attached hydrogens (primary N) is 2. The van der Waals surface area contributed by atoms with E-state index in [1.165, 1.54) is 0 Å². The van der Waals surface area contributed by atoms with E-state index in [0.29, 0.717) is 24.9 Å². The fraction of sp³-hybridized carbons (Fsp3) is 0.273. The lowest BCUT2D eigenvalue weighted by molar-refractivity contribution is -0.129. The fourth-order valence-corrected chi connectivity index (χ4v) is 3.17. The van der Waals surface area contributed by atoms with Gasteiger partial charge in [-0.15, -0.1) is 0 Å². The van der Waals surface area contributed by atoms with Crippen LogP contribution in [0.5, 0.6) is 0 Å². The molecule has 0 unspecified atom stereocenters. The van der Waals surface area contributed by atoms with Gasteiger partial charge in [-0.3, -0.25) is 25.1 Å². The number of imide groups is 1. The minimum atomic E-state index is -0.975. The lowest BCUT2D eigenvalue weighted by atomic mass is 10.0. The molecular formula is C22H27BrN6O3. The average Bonchev–Trinajstić information content (AvgIpc) is 2.76. The third-order valence-electron chi connectivity index (χ3n) is 4.60. The fourth-order valence-electron chi connectivity index (χ4n) is 2.91. The minimum absolute atomic E-state index is 0.190. The number of rotatable bonds is 10. The molecule has 2 rings (SSSR count). The second-order valence-electron chi connectivity index (χ2n) is 7.17. The van der Waals surface area contributed by atoms with E-state index in [-0.39, 0.29) is 12.4 Å². The number of guanidine groups is 1. The molecule has 8 N–H and O–H groups in total. The van der Waals surface area contributed by atoms with Crippen LogP contribution in [-0.4, -0.2) is 42.3 Å². The van der Waals surface area contributed by atoms with Crippen molar-refractivity contribution in [2.45, 2.75) is 31.3 Å². The van der Waals surface area contributed by atoms with E-state index >= 15 is 0 Å². The maximum absolute atomic E-state index is 12.8. The van der Waals surface area contributed by atoms with Gasteiger partial charge in [0.25, 0.3) is 5.91 Å². The maximum Gasteiger partial charge on any atom is 0.257 e. The number of amides is 3. The number of hydrogen-bond acceptors (Lipinski definition) is 5. The molecule has 3 amide bonds. The van der Waals surface area contributed by atoms with Crippen LogP contribution in [0.2, 0.25) is 0 Å². The molecule has 170 valence electrons. The second-order valence-corrected chi connectivity index (χ2v) is 8.08. The smallest absolute Gasteiger partial charge is 0.257 e. The highest BCUT2D eigenvalue weighted by Crippen LogP contribution is 2.10. The first-order chi connectivity index (χ1) is 15.3. The van der Waals surface area contributed by atoms with Gasteiger partial charge in [-0.05, 0) is 49.1 Å². The van der Waals surface area contributed by atoms with Gasteiger partial charge in [-0.25, -0.2) is 0 Å². The third kappa shape index (κ3) is 8.48. The molecule has 0 heterocycles. The van der Waals surface area contributed by atoms with Crippen molar-refractivity contribution in [3.05, 3.63) is 70.2 Å². The molecule has 0 aliphatic rings. The molecule has 0 aromatic heterocycles. The number of carbonyl (C=O) groups is 3. The zero-order chi connectivity index (χ0) is 23.5. The summed E-state index contributed by atoms with van der Waals surface area (Å²) in [7, 11) is 0. The monoisotopic (exact) mass is 502 g/mol. The summed E-state index contributed by atoms with van der Waals surface area (Å²) in [6, 6.07) is 14.0. The van der Waals surface area contributed by atoms with Crippen LogP contribution in [0, 0.1) is 5.41 Å². The summed E-state index contributed by atoms with van der Waals surface area (Å²) in [4.78, 5) is 37.8. The first-order valence-electron chi connectivity index (χ1n) is 10.0. The molecule has 0 bridgehead atoms. The topological polar surface area (TPSA) is 163 Å². The molecule has 0 fully saturated rings. The first-order valence-corrected chi connectivity index (χ1v) is 10.8. The summed E-state index contributed by atoms with van der Waals surface area (Å²) in [6.07, 6.45) is 0.965. The number of carbonyl (C=O) groups excluding carboxylic acids is 3. The summed E-state index contributed by atoms with van der Waals surface area (Å²) in [5.41, 5.74) is 12.5. The molecule has 2 aromatic carbocycles.